The standard InChI is InChI=1S/C13H16N2O5S/c1-2-19-13(16)9-15-21(17,18)14-8-11-7-10-5-3-4-6-12(10)20-11/h3-7,14-15H,2,8-9H2,1H3. The molecule has 0 unspecified atom stereocenters. The third-order valence-electron chi connectivity index (χ3n) is 2.62. The lowest BCUT2D eigenvalue weighted by molar-refractivity contribution is -0.141. The van der Waals surface area contributed by atoms with Gasteiger partial charge in [0.2, 0.25) is 0 Å². The average molecular weight is 312 g/mol. The number of rotatable bonds is 7. The lowest BCUT2D eigenvalue weighted by Gasteiger charge is -2.06. The third-order valence-corrected chi connectivity index (χ3v) is 3.67. The summed E-state index contributed by atoms with van der Waals surface area (Å²) in [6.45, 7) is 1.43. The number of carbonyl (C=O) groups is 1. The quantitative estimate of drug-likeness (QED) is 0.741. The minimum Gasteiger partial charge on any atom is -0.465 e. The number of benzene rings is 1. The summed E-state index contributed by atoms with van der Waals surface area (Å²) in [5.41, 5.74) is 0.686. The second-order valence-electron chi connectivity index (χ2n) is 4.20. The van der Waals surface area contributed by atoms with E-state index in [0.717, 1.165) is 5.39 Å². The number of hydrogen-bond donors (Lipinski definition) is 2. The van der Waals surface area contributed by atoms with Gasteiger partial charge in [0, 0.05) is 5.39 Å². The molecular formula is C13H16N2O5S. The molecule has 0 amide bonds. The highest BCUT2D eigenvalue weighted by Crippen LogP contribution is 2.18. The predicted molar refractivity (Wildman–Crippen MR) is 76.6 cm³/mol. The number of furan rings is 1. The van der Waals surface area contributed by atoms with Crippen LogP contribution in [0.15, 0.2) is 34.7 Å². The maximum absolute atomic E-state index is 11.7. The van der Waals surface area contributed by atoms with Crippen molar-refractivity contribution in [1.82, 2.24) is 9.44 Å². The van der Waals surface area contributed by atoms with Gasteiger partial charge in [-0.05, 0) is 19.1 Å². The van der Waals surface area contributed by atoms with Crippen LogP contribution in [-0.2, 0) is 26.3 Å². The molecule has 21 heavy (non-hydrogen) atoms. The van der Waals surface area contributed by atoms with Crippen LogP contribution in [0.2, 0.25) is 0 Å². The lowest BCUT2D eigenvalue weighted by Crippen LogP contribution is -2.39. The Bertz CT molecular complexity index is 690. The van der Waals surface area contributed by atoms with Crippen LogP contribution in [0.25, 0.3) is 11.0 Å². The molecule has 0 radical (unpaired) electrons. The molecule has 8 heteroatoms. The highest BCUT2D eigenvalue weighted by atomic mass is 32.2. The van der Waals surface area contributed by atoms with Crippen molar-refractivity contribution in [2.75, 3.05) is 13.2 Å². The fourth-order valence-electron chi connectivity index (χ4n) is 1.71. The summed E-state index contributed by atoms with van der Waals surface area (Å²) in [6, 6.07) is 9.12. The van der Waals surface area contributed by atoms with Crippen LogP contribution < -0.4 is 9.44 Å². The van der Waals surface area contributed by atoms with Gasteiger partial charge in [-0.15, -0.1) is 0 Å². The van der Waals surface area contributed by atoms with E-state index in [0.29, 0.717) is 11.3 Å². The lowest BCUT2D eigenvalue weighted by atomic mass is 10.2. The molecule has 0 aliphatic heterocycles. The van der Waals surface area contributed by atoms with Crippen molar-refractivity contribution >= 4 is 27.1 Å². The minimum absolute atomic E-state index is 0.00710. The van der Waals surface area contributed by atoms with Crippen LogP contribution >= 0.6 is 0 Å². The van der Waals surface area contributed by atoms with Gasteiger partial charge in [0.1, 0.15) is 17.9 Å². The summed E-state index contributed by atoms with van der Waals surface area (Å²) in [5.74, 6) is -0.149. The molecule has 0 atom stereocenters. The van der Waals surface area contributed by atoms with E-state index >= 15 is 0 Å². The van der Waals surface area contributed by atoms with Gasteiger partial charge in [0.05, 0.1) is 13.2 Å². The molecule has 0 spiro atoms. The monoisotopic (exact) mass is 312 g/mol. The summed E-state index contributed by atoms with van der Waals surface area (Å²) in [6.07, 6.45) is 0. The fourth-order valence-corrected chi connectivity index (χ4v) is 2.45. The number of nitrogens with one attached hydrogen (secondary N) is 2. The molecule has 2 rings (SSSR count). The fraction of sp³-hybridized carbons (Fsp3) is 0.308. The van der Waals surface area contributed by atoms with E-state index in [2.05, 4.69) is 14.2 Å². The van der Waals surface area contributed by atoms with Crippen molar-refractivity contribution in [2.45, 2.75) is 13.5 Å². The SMILES string of the molecule is CCOC(=O)CNS(=O)(=O)NCc1cc2ccccc2o1. The highest BCUT2D eigenvalue weighted by Gasteiger charge is 2.13. The van der Waals surface area contributed by atoms with E-state index in [1.54, 1.807) is 19.1 Å². The number of esters is 1. The summed E-state index contributed by atoms with van der Waals surface area (Å²) in [7, 11) is -3.79. The van der Waals surface area contributed by atoms with E-state index in [1.807, 2.05) is 18.2 Å². The van der Waals surface area contributed by atoms with Gasteiger partial charge in [-0.2, -0.15) is 17.9 Å². The van der Waals surface area contributed by atoms with Gasteiger partial charge in [-0.1, -0.05) is 18.2 Å². The van der Waals surface area contributed by atoms with Gasteiger partial charge in [0.25, 0.3) is 10.2 Å². The Labute approximate surface area is 122 Å². The topological polar surface area (TPSA) is 97.6 Å². The smallest absolute Gasteiger partial charge is 0.321 e. The molecule has 2 N–H and O–H groups in total. The zero-order chi connectivity index (χ0) is 15.3. The molecule has 1 aromatic heterocycles. The number of para-hydroxylation sites is 1. The molecule has 0 saturated carbocycles. The maximum Gasteiger partial charge on any atom is 0.321 e. The molecule has 0 aliphatic carbocycles. The number of ether oxygens (including phenoxy) is 1. The summed E-state index contributed by atoms with van der Waals surface area (Å²) in [4.78, 5) is 11.1. The van der Waals surface area contributed by atoms with Crippen molar-refractivity contribution < 1.29 is 22.4 Å². The molecule has 0 fully saturated rings. The van der Waals surface area contributed by atoms with Gasteiger partial charge in [-0.25, -0.2) is 0 Å². The van der Waals surface area contributed by atoms with Crippen LogP contribution in [0, 0.1) is 0 Å². The van der Waals surface area contributed by atoms with Crippen LogP contribution in [0.3, 0.4) is 0 Å². The number of carbonyl (C=O) groups excluding carboxylic acids is 1. The van der Waals surface area contributed by atoms with Crippen molar-refractivity contribution in [1.29, 1.82) is 0 Å². The zero-order valence-corrected chi connectivity index (χ0v) is 12.3. The molecule has 1 heterocycles. The Morgan fingerprint density at radius 1 is 1.29 bits per heavy atom. The predicted octanol–water partition coefficient (Wildman–Crippen LogP) is 0.920. The Kier molecular flexibility index (Phi) is 4.94. The van der Waals surface area contributed by atoms with Crippen molar-refractivity contribution in [3.8, 4) is 0 Å². The molecule has 1 aromatic carbocycles. The third kappa shape index (κ3) is 4.55. The van der Waals surface area contributed by atoms with Gasteiger partial charge < -0.3 is 9.15 Å². The molecule has 0 bridgehead atoms. The second-order valence-corrected chi connectivity index (χ2v) is 5.79. The Morgan fingerprint density at radius 2 is 2.05 bits per heavy atom. The first-order chi connectivity index (χ1) is 10.00. The Hall–Kier alpha value is -1.90. The molecule has 2 aromatic rings. The Morgan fingerprint density at radius 3 is 2.76 bits per heavy atom. The van der Waals surface area contributed by atoms with Gasteiger partial charge >= 0.3 is 5.97 Å². The highest BCUT2D eigenvalue weighted by molar-refractivity contribution is 7.87. The first kappa shape index (κ1) is 15.5. The second kappa shape index (κ2) is 6.70. The minimum atomic E-state index is -3.79. The van der Waals surface area contributed by atoms with Gasteiger partial charge in [0.15, 0.2) is 0 Å². The summed E-state index contributed by atoms with van der Waals surface area (Å²) in [5, 5.41) is 0.895. The summed E-state index contributed by atoms with van der Waals surface area (Å²) < 4.78 is 37.8. The maximum atomic E-state index is 11.7. The van der Waals surface area contributed by atoms with Crippen molar-refractivity contribution in [3.05, 3.63) is 36.1 Å². The van der Waals surface area contributed by atoms with E-state index in [4.69, 9.17) is 4.42 Å². The largest absolute Gasteiger partial charge is 0.465 e. The number of fused-ring (bicyclic) bond motifs is 1. The zero-order valence-electron chi connectivity index (χ0n) is 11.5. The van der Waals surface area contributed by atoms with Crippen LogP contribution in [0.5, 0.6) is 0 Å². The van der Waals surface area contributed by atoms with E-state index < -0.39 is 22.7 Å². The van der Waals surface area contributed by atoms with Crippen molar-refractivity contribution in [3.63, 3.8) is 0 Å². The molecule has 114 valence electrons. The molecular weight excluding hydrogens is 296 g/mol. The summed E-state index contributed by atoms with van der Waals surface area (Å²) >= 11 is 0. The van der Waals surface area contributed by atoms with Gasteiger partial charge in [-0.3, -0.25) is 4.79 Å². The van der Waals surface area contributed by atoms with Crippen LogP contribution in [0.4, 0.5) is 0 Å². The van der Waals surface area contributed by atoms with E-state index in [1.165, 1.54) is 0 Å². The Balaban J connectivity index is 1.90. The molecule has 7 nitrogen and oxygen atoms in total. The first-order valence-electron chi connectivity index (χ1n) is 6.37. The normalized spacial score (nSPS) is 11.7. The molecule has 0 aliphatic rings. The van der Waals surface area contributed by atoms with Crippen LogP contribution in [0.1, 0.15) is 12.7 Å². The van der Waals surface area contributed by atoms with E-state index in [9.17, 15) is 13.2 Å². The number of hydrogen-bond acceptors (Lipinski definition) is 5. The first-order valence-corrected chi connectivity index (χ1v) is 7.86. The van der Waals surface area contributed by atoms with E-state index in [-0.39, 0.29) is 13.2 Å². The average Bonchev–Trinajstić information content (AvgIpc) is 2.87. The molecule has 0 saturated heterocycles. The van der Waals surface area contributed by atoms with Crippen LogP contribution in [-0.4, -0.2) is 27.5 Å². The van der Waals surface area contributed by atoms with Crippen molar-refractivity contribution in [2.24, 2.45) is 0 Å².